The molecule has 98 valence electrons. The first kappa shape index (κ1) is 12.7. The lowest BCUT2D eigenvalue weighted by Gasteiger charge is -2.17. The van der Waals surface area contributed by atoms with Crippen LogP contribution in [0.5, 0.6) is 0 Å². The van der Waals surface area contributed by atoms with Crippen molar-refractivity contribution in [3.63, 3.8) is 0 Å². The Labute approximate surface area is 107 Å². The summed E-state index contributed by atoms with van der Waals surface area (Å²) in [5.41, 5.74) is 9.34. The minimum absolute atomic E-state index is 0.0222. The fourth-order valence-electron chi connectivity index (χ4n) is 2.05. The summed E-state index contributed by atoms with van der Waals surface area (Å²) in [4.78, 5) is 11.3. The number of amides is 1. The number of ether oxygens (including phenoxy) is 1. The number of fused-ring (bicyclic) bond motifs is 1. The van der Waals surface area contributed by atoms with Crippen molar-refractivity contribution in [3.05, 3.63) is 17.7 Å². The summed E-state index contributed by atoms with van der Waals surface area (Å²) in [5.74, 6) is 0.0222. The van der Waals surface area contributed by atoms with Gasteiger partial charge in [0.05, 0.1) is 17.8 Å². The molecule has 0 saturated carbocycles. The van der Waals surface area contributed by atoms with Crippen molar-refractivity contribution >= 4 is 23.0 Å². The Kier molecular flexibility index (Phi) is 3.72. The molecule has 0 spiro atoms. The van der Waals surface area contributed by atoms with Crippen LogP contribution >= 0.6 is 0 Å². The maximum Gasteiger partial charge on any atom is 0.228 e. The number of methoxy groups -OCH3 is 1. The molecule has 1 aromatic carbocycles. The third-order valence-corrected chi connectivity index (χ3v) is 3.06. The van der Waals surface area contributed by atoms with Crippen molar-refractivity contribution in [2.75, 3.05) is 30.1 Å². The van der Waals surface area contributed by atoms with E-state index in [1.807, 2.05) is 12.1 Å². The van der Waals surface area contributed by atoms with Crippen molar-refractivity contribution in [3.8, 4) is 0 Å². The van der Waals surface area contributed by atoms with Crippen LogP contribution in [0.2, 0.25) is 0 Å². The second-order valence-corrected chi connectivity index (χ2v) is 4.65. The van der Waals surface area contributed by atoms with Crippen LogP contribution in [0.15, 0.2) is 12.1 Å². The maximum atomic E-state index is 11.3. The van der Waals surface area contributed by atoms with Gasteiger partial charge in [-0.2, -0.15) is 0 Å². The molecule has 1 atom stereocenters. The van der Waals surface area contributed by atoms with Crippen molar-refractivity contribution < 1.29 is 9.53 Å². The van der Waals surface area contributed by atoms with Crippen molar-refractivity contribution in [1.29, 1.82) is 0 Å². The van der Waals surface area contributed by atoms with Crippen LogP contribution in [0.4, 0.5) is 17.1 Å². The van der Waals surface area contributed by atoms with Gasteiger partial charge in [0.25, 0.3) is 0 Å². The Morgan fingerprint density at radius 3 is 3.06 bits per heavy atom. The van der Waals surface area contributed by atoms with E-state index < -0.39 is 0 Å². The molecule has 1 heterocycles. The molecule has 0 radical (unpaired) electrons. The zero-order chi connectivity index (χ0) is 13.1. The minimum Gasteiger partial charge on any atom is -0.397 e. The molecule has 1 unspecified atom stereocenters. The lowest BCUT2D eigenvalue weighted by atomic mass is 10.1. The summed E-state index contributed by atoms with van der Waals surface area (Å²) in [6.45, 7) is 2.78. The van der Waals surface area contributed by atoms with Gasteiger partial charge in [0.15, 0.2) is 0 Å². The molecule has 0 aliphatic carbocycles. The van der Waals surface area contributed by atoms with Gasteiger partial charge in [-0.1, -0.05) is 0 Å². The lowest BCUT2D eigenvalue weighted by molar-refractivity contribution is -0.115. The molecule has 1 amide bonds. The van der Waals surface area contributed by atoms with E-state index in [1.165, 1.54) is 0 Å². The molecule has 2 rings (SSSR count). The summed E-state index contributed by atoms with van der Waals surface area (Å²) in [6, 6.07) is 4.03. The van der Waals surface area contributed by atoms with Gasteiger partial charge in [-0.15, -0.1) is 0 Å². The number of hydrogen-bond acceptors (Lipinski definition) is 4. The van der Waals surface area contributed by atoms with E-state index in [9.17, 15) is 4.79 Å². The molecular formula is C13H19N3O2. The highest BCUT2D eigenvalue weighted by Gasteiger charge is 2.19. The second-order valence-electron chi connectivity index (χ2n) is 4.65. The predicted octanol–water partition coefficient (Wildman–Crippen LogP) is 1.60. The molecule has 0 aromatic heterocycles. The Hall–Kier alpha value is -1.75. The van der Waals surface area contributed by atoms with Crippen LogP contribution in [0.25, 0.3) is 0 Å². The number of carbonyl (C=O) groups is 1. The summed E-state index contributed by atoms with van der Waals surface area (Å²) in [7, 11) is 1.69. The lowest BCUT2D eigenvalue weighted by Crippen LogP contribution is -2.18. The summed E-state index contributed by atoms with van der Waals surface area (Å²) in [6.07, 6.45) is 1.32. The fraction of sp³-hybridized carbons (Fsp3) is 0.462. The van der Waals surface area contributed by atoms with Gasteiger partial charge in [0, 0.05) is 25.4 Å². The molecule has 0 bridgehead atoms. The average molecular weight is 249 g/mol. The molecule has 1 aliphatic heterocycles. The number of nitrogen functional groups attached to an aromatic ring is 1. The Bertz CT molecular complexity index is 460. The highest BCUT2D eigenvalue weighted by Crippen LogP contribution is 2.31. The number of nitrogens with two attached hydrogens (primary N) is 1. The first-order chi connectivity index (χ1) is 8.60. The summed E-state index contributed by atoms with van der Waals surface area (Å²) in [5, 5.41) is 6.16. The summed E-state index contributed by atoms with van der Waals surface area (Å²) < 4.78 is 5.04. The zero-order valence-corrected chi connectivity index (χ0v) is 10.7. The number of nitrogens with one attached hydrogen (secondary N) is 2. The monoisotopic (exact) mass is 249 g/mol. The number of anilines is 3. The number of hydrogen-bond donors (Lipinski definition) is 3. The Balaban J connectivity index is 2.10. The van der Waals surface area contributed by atoms with E-state index >= 15 is 0 Å². The van der Waals surface area contributed by atoms with E-state index in [0.717, 1.165) is 23.4 Å². The molecule has 0 fully saturated rings. The van der Waals surface area contributed by atoms with Crippen LogP contribution in [0.3, 0.4) is 0 Å². The first-order valence-corrected chi connectivity index (χ1v) is 6.08. The highest BCUT2D eigenvalue weighted by molar-refractivity contribution is 6.00. The van der Waals surface area contributed by atoms with Crippen molar-refractivity contribution in [2.24, 2.45) is 0 Å². The topological polar surface area (TPSA) is 76.4 Å². The van der Waals surface area contributed by atoms with Crippen molar-refractivity contribution in [1.82, 2.24) is 0 Å². The van der Waals surface area contributed by atoms with E-state index in [1.54, 1.807) is 7.11 Å². The van der Waals surface area contributed by atoms with Gasteiger partial charge >= 0.3 is 0 Å². The highest BCUT2D eigenvalue weighted by atomic mass is 16.5. The van der Waals surface area contributed by atoms with Crippen LogP contribution in [-0.2, 0) is 16.0 Å². The Morgan fingerprint density at radius 2 is 2.33 bits per heavy atom. The number of benzene rings is 1. The van der Waals surface area contributed by atoms with Gasteiger partial charge in [0.2, 0.25) is 5.91 Å². The zero-order valence-electron chi connectivity index (χ0n) is 10.7. The van der Waals surface area contributed by atoms with Gasteiger partial charge in [-0.25, -0.2) is 0 Å². The van der Waals surface area contributed by atoms with E-state index in [0.29, 0.717) is 18.7 Å². The van der Waals surface area contributed by atoms with Crippen LogP contribution < -0.4 is 16.4 Å². The quantitative estimate of drug-likeness (QED) is 0.693. The molecule has 5 heteroatoms. The van der Waals surface area contributed by atoms with Gasteiger partial charge < -0.3 is 21.1 Å². The molecule has 4 N–H and O–H groups in total. The second kappa shape index (κ2) is 5.27. The molecule has 1 aliphatic rings. The third-order valence-electron chi connectivity index (χ3n) is 3.06. The van der Waals surface area contributed by atoms with Crippen molar-refractivity contribution in [2.45, 2.75) is 25.8 Å². The van der Waals surface area contributed by atoms with Crippen LogP contribution in [0.1, 0.15) is 18.9 Å². The number of rotatable bonds is 5. The van der Waals surface area contributed by atoms with Gasteiger partial charge in [-0.3, -0.25) is 4.79 Å². The Morgan fingerprint density at radius 1 is 1.56 bits per heavy atom. The van der Waals surface area contributed by atoms with E-state index in [2.05, 4.69) is 17.6 Å². The smallest absolute Gasteiger partial charge is 0.228 e. The molecular weight excluding hydrogens is 230 g/mol. The molecule has 1 aromatic rings. The average Bonchev–Trinajstić information content (AvgIpc) is 2.66. The summed E-state index contributed by atoms with van der Waals surface area (Å²) >= 11 is 0. The van der Waals surface area contributed by atoms with E-state index in [4.69, 9.17) is 10.5 Å². The van der Waals surface area contributed by atoms with Gasteiger partial charge in [-0.05, 0) is 31.0 Å². The SMILES string of the molecule is COCCC(C)Nc1cc2c(cc1N)CC(=O)N2. The molecule has 5 nitrogen and oxygen atoms in total. The normalized spacial score (nSPS) is 15.1. The van der Waals surface area contributed by atoms with Gasteiger partial charge in [0.1, 0.15) is 0 Å². The van der Waals surface area contributed by atoms with E-state index in [-0.39, 0.29) is 11.9 Å². The fourth-order valence-corrected chi connectivity index (χ4v) is 2.05. The molecule has 18 heavy (non-hydrogen) atoms. The third kappa shape index (κ3) is 2.73. The minimum atomic E-state index is 0.0222. The maximum absolute atomic E-state index is 11.3. The number of carbonyl (C=O) groups excluding carboxylic acids is 1. The van der Waals surface area contributed by atoms with Crippen LogP contribution in [-0.4, -0.2) is 25.7 Å². The largest absolute Gasteiger partial charge is 0.397 e. The standard InChI is InChI=1S/C13H19N3O2/c1-8(3-4-18-2)15-12-7-11-9(5-10(12)14)6-13(17)16-11/h5,7-8,15H,3-4,6,14H2,1-2H3,(H,16,17). The molecule has 0 saturated heterocycles. The first-order valence-electron chi connectivity index (χ1n) is 6.08. The predicted molar refractivity (Wildman–Crippen MR) is 72.8 cm³/mol. The van der Waals surface area contributed by atoms with Crippen LogP contribution in [0, 0.1) is 0 Å².